The Morgan fingerprint density at radius 3 is 1.34 bits per heavy atom. The minimum absolute atomic E-state index is 0.198. The molecule has 0 saturated carbocycles. The number of hydrogen-bond acceptors (Lipinski definition) is 2. The summed E-state index contributed by atoms with van der Waals surface area (Å²) in [4.78, 5) is 10.3. The van der Waals surface area contributed by atoms with Gasteiger partial charge in [-0.15, -0.1) is 9.24 Å². The van der Waals surface area contributed by atoms with Gasteiger partial charge in [0.2, 0.25) is 0 Å². The molecule has 4 heteroatoms. The van der Waals surface area contributed by atoms with Crippen molar-refractivity contribution in [2.24, 2.45) is 5.92 Å². The number of aromatic carboxylic acids is 1. The molecule has 3 nitrogen and oxygen atoms in total. The van der Waals surface area contributed by atoms with Gasteiger partial charge >= 0.3 is 5.97 Å². The summed E-state index contributed by atoms with van der Waals surface area (Å²) in [7, 11) is 3.49. The third-order valence-electron chi connectivity index (χ3n) is 9.38. The van der Waals surface area contributed by atoms with Gasteiger partial charge in [-0.25, -0.2) is 4.79 Å². The molecule has 2 unspecified atom stereocenters. The van der Waals surface area contributed by atoms with Crippen LogP contribution in [0.25, 0.3) is 0 Å². The number of carboxylic acid groups (broad SMARTS) is 1. The SMILES string of the molecule is CCCCCCCCCCCCC(CCCCCC)C(P)(CCCCCC)CCCCCC.N#Cc1ccc(C(=O)O)cc1. The van der Waals surface area contributed by atoms with Crippen molar-refractivity contribution in [3.05, 3.63) is 35.4 Å². The molecule has 1 aromatic rings. The van der Waals surface area contributed by atoms with Crippen LogP contribution >= 0.6 is 9.24 Å². The molecule has 0 amide bonds. The summed E-state index contributed by atoms with van der Waals surface area (Å²) in [6.07, 6.45) is 37.6. The molecule has 0 aliphatic rings. The van der Waals surface area contributed by atoms with Crippen LogP contribution in [0, 0.1) is 17.2 Å². The Hall–Kier alpha value is -1.39. The molecule has 0 heterocycles. The third kappa shape index (κ3) is 23.0. The summed E-state index contributed by atoms with van der Waals surface area (Å²) in [5.74, 6) is -0.0360. The van der Waals surface area contributed by atoms with Crippen molar-refractivity contribution in [3.63, 3.8) is 0 Å². The second-order valence-corrected chi connectivity index (χ2v) is 14.5. The summed E-state index contributed by atoms with van der Waals surface area (Å²) in [6.45, 7) is 9.36. The van der Waals surface area contributed by atoms with E-state index in [1.165, 1.54) is 191 Å². The van der Waals surface area contributed by atoms with Crippen LogP contribution in [0.1, 0.15) is 211 Å². The van der Waals surface area contributed by atoms with E-state index in [2.05, 4.69) is 36.9 Å². The maximum atomic E-state index is 10.3. The van der Waals surface area contributed by atoms with Crippen LogP contribution in [0.15, 0.2) is 24.3 Å². The van der Waals surface area contributed by atoms with Crippen LogP contribution in [0.3, 0.4) is 0 Å². The van der Waals surface area contributed by atoms with E-state index in [4.69, 9.17) is 10.4 Å². The highest BCUT2D eigenvalue weighted by Crippen LogP contribution is 2.44. The number of unbranched alkanes of at least 4 members (excludes halogenated alkanes) is 18. The lowest BCUT2D eigenvalue weighted by Crippen LogP contribution is -2.32. The lowest BCUT2D eigenvalue weighted by atomic mass is 9.77. The third-order valence-corrected chi connectivity index (χ3v) is 10.4. The number of benzene rings is 1. The Morgan fingerprint density at radius 1 is 0.636 bits per heavy atom. The van der Waals surface area contributed by atoms with Crippen molar-refractivity contribution in [1.29, 1.82) is 5.26 Å². The zero-order chi connectivity index (χ0) is 32.7. The molecule has 44 heavy (non-hydrogen) atoms. The molecular weight excluding hydrogens is 557 g/mol. The predicted octanol–water partition coefficient (Wildman–Crippen LogP) is 13.7. The first kappa shape index (κ1) is 42.6. The maximum Gasteiger partial charge on any atom is 0.335 e. The number of carbonyl (C=O) groups is 1. The first-order valence-corrected chi connectivity index (χ1v) is 19.5. The van der Waals surface area contributed by atoms with E-state index >= 15 is 0 Å². The van der Waals surface area contributed by atoms with Gasteiger partial charge in [0.15, 0.2) is 0 Å². The Balaban J connectivity index is 0.00000139. The first-order chi connectivity index (χ1) is 21.4. The first-order valence-electron chi connectivity index (χ1n) is 18.9. The van der Waals surface area contributed by atoms with Crippen LogP contribution in [0.5, 0.6) is 0 Å². The molecule has 0 radical (unpaired) electrons. The monoisotopic (exact) mass is 630 g/mol. The lowest BCUT2D eigenvalue weighted by Gasteiger charge is -2.39. The van der Waals surface area contributed by atoms with Gasteiger partial charge in [0.25, 0.3) is 0 Å². The van der Waals surface area contributed by atoms with Gasteiger partial charge in [0.05, 0.1) is 17.2 Å². The Kier molecular flexibility index (Phi) is 29.3. The normalized spacial score (nSPS) is 11.9. The van der Waals surface area contributed by atoms with Crippen LogP contribution in [-0.2, 0) is 0 Å². The average Bonchev–Trinajstić information content (AvgIpc) is 3.03. The van der Waals surface area contributed by atoms with Crippen molar-refractivity contribution >= 4 is 15.2 Å². The molecule has 1 N–H and O–H groups in total. The van der Waals surface area contributed by atoms with E-state index in [1.54, 1.807) is 0 Å². The van der Waals surface area contributed by atoms with Crippen molar-refractivity contribution < 1.29 is 9.90 Å². The van der Waals surface area contributed by atoms with Gasteiger partial charge in [-0.2, -0.15) is 5.26 Å². The van der Waals surface area contributed by atoms with Crippen LogP contribution < -0.4 is 0 Å². The van der Waals surface area contributed by atoms with Crippen molar-refractivity contribution in [2.75, 3.05) is 0 Å². The van der Waals surface area contributed by atoms with E-state index in [-0.39, 0.29) is 5.56 Å². The van der Waals surface area contributed by atoms with Crippen molar-refractivity contribution in [3.8, 4) is 6.07 Å². The fourth-order valence-electron chi connectivity index (χ4n) is 6.40. The molecular formula is C40H72NO2P. The van der Waals surface area contributed by atoms with Gasteiger partial charge in [-0.05, 0) is 61.0 Å². The largest absolute Gasteiger partial charge is 0.478 e. The topological polar surface area (TPSA) is 61.1 Å². The van der Waals surface area contributed by atoms with E-state index in [9.17, 15) is 4.79 Å². The van der Waals surface area contributed by atoms with Gasteiger partial charge in [0, 0.05) is 0 Å². The van der Waals surface area contributed by atoms with E-state index in [1.807, 2.05) is 6.07 Å². The van der Waals surface area contributed by atoms with Crippen LogP contribution in [0.4, 0.5) is 0 Å². The second-order valence-electron chi connectivity index (χ2n) is 13.4. The Bertz CT molecular complexity index is 804. The Morgan fingerprint density at radius 2 is 0.977 bits per heavy atom. The molecule has 0 aromatic heterocycles. The molecule has 0 saturated heterocycles. The second kappa shape index (κ2) is 30.3. The predicted molar refractivity (Wildman–Crippen MR) is 197 cm³/mol. The molecule has 254 valence electrons. The van der Waals surface area contributed by atoms with Gasteiger partial charge in [-0.3, -0.25) is 0 Å². The lowest BCUT2D eigenvalue weighted by molar-refractivity contribution is 0.0697. The highest BCUT2D eigenvalue weighted by atomic mass is 31.0. The summed E-state index contributed by atoms with van der Waals surface area (Å²) >= 11 is 0. The molecule has 1 aromatic carbocycles. The fourth-order valence-corrected chi connectivity index (χ4v) is 7.14. The maximum absolute atomic E-state index is 10.3. The highest BCUT2D eigenvalue weighted by Gasteiger charge is 2.32. The number of nitriles is 1. The molecule has 0 fully saturated rings. The van der Waals surface area contributed by atoms with Crippen molar-refractivity contribution in [1.82, 2.24) is 0 Å². The molecule has 1 rings (SSSR count). The Labute approximate surface area is 277 Å². The summed E-state index contributed by atoms with van der Waals surface area (Å²) in [5.41, 5.74) is 0.666. The zero-order valence-electron chi connectivity index (χ0n) is 29.7. The molecule has 0 aliphatic carbocycles. The van der Waals surface area contributed by atoms with Crippen molar-refractivity contribution in [2.45, 2.75) is 200 Å². The standard InChI is InChI=1S/C32H67P.C8H5NO2/c1-5-9-13-17-18-19-20-21-22-24-28-31(27-23-14-10-6-2)32(33,29-25-15-11-7-3)30-26-16-12-8-4;9-5-6-1-3-7(4-2-6)8(10)11/h31H,5-30,33H2,1-4H3;1-4H,(H,10,11). The summed E-state index contributed by atoms with van der Waals surface area (Å²) < 4.78 is 0. The fraction of sp³-hybridized carbons (Fsp3) is 0.800. The van der Waals surface area contributed by atoms with E-state index in [0.717, 1.165) is 5.92 Å². The minimum Gasteiger partial charge on any atom is -0.478 e. The smallest absolute Gasteiger partial charge is 0.335 e. The number of nitrogens with zero attached hydrogens (tertiary/aromatic N) is 1. The van der Waals surface area contributed by atoms with Gasteiger partial charge in [-0.1, -0.05) is 169 Å². The number of rotatable bonds is 28. The molecule has 0 bridgehead atoms. The van der Waals surface area contributed by atoms with Gasteiger partial charge < -0.3 is 5.11 Å². The summed E-state index contributed by atoms with van der Waals surface area (Å²) in [6, 6.07) is 7.66. The molecule has 0 aliphatic heterocycles. The van der Waals surface area contributed by atoms with Gasteiger partial charge in [0.1, 0.15) is 0 Å². The van der Waals surface area contributed by atoms with E-state index < -0.39 is 5.97 Å². The molecule has 0 spiro atoms. The van der Waals surface area contributed by atoms with Crippen LogP contribution in [-0.4, -0.2) is 16.2 Å². The number of hydrogen-bond donors (Lipinski definition) is 1. The summed E-state index contributed by atoms with van der Waals surface area (Å²) in [5, 5.41) is 17.4. The zero-order valence-corrected chi connectivity index (χ0v) is 30.8. The van der Waals surface area contributed by atoms with Crippen LogP contribution in [0.2, 0.25) is 0 Å². The minimum atomic E-state index is -0.977. The number of carboxylic acids is 1. The molecule has 2 atom stereocenters. The average molecular weight is 630 g/mol. The highest BCUT2D eigenvalue weighted by molar-refractivity contribution is 7.19. The quantitative estimate of drug-likeness (QED) is 0.0741. The van der Waals surface area contributed by atoms with E-state index in [0.29, 0.717) is 10.7 Å².